The summed E-state index contributed by atoms with van der Waals surface area (Å²) in [7, 11) is 0. The third-order valence-electron chi connectivity index (χ3n) is 3.60. The summed E-state index contributed by atoms with van der Waals surface area (Å²) in [6, 6.07) is 2.34. The molecule has 0 fully saturated rings. The predicted molar refractivity (Wildman–Crippen MR) is 86.7 cm³/mol. The van der Waals surface area contributed by atoms with Crippen molar-refractivity contribution in [2.75, 3.05) is 5.32 Å². The fourth-order valence-electron chi connectivity index (χ4n) is 2.31. The summed E-state index contributed by atoms with van der Waals surface area (Å²) < 4.78 is 6.64. The molecular weight excluding hydrogens is 328 g/mol. The smallest absolute Gasteiger partial charge is 0.395 e. The van der Waals surface area contributed by atoms with Crippen molar-refractivity contribution in [3.63, 3.8) is 0 Å². The van der Waals surface area contributed by atoms with Crippen molar-refractivity contribution >= 4 is 17.5 Å². The van der Waals surface area contributed by atoms with Gasteiger partial charge in [0.2, 0.25) is 5.95 Å². The first kappa shape index (κ1) is 16.3. The van der Waals surface area contributed by atoms with E-state index in [-0.39, 0.29) is 5.76 Å². The zero-order chi connectivity index (χ0) is 18.1. The van der Waals surface area contributed by atoms with Gasteiger partial charge in [0.1, 0.15) is 10.7 Å². The lowest BCUT2D eigenvalue weighted by Crippen LogP contribution is -2.12. The number of nitrogens with zero attached hydrogens (tertiary/aromatic N) is 5. The number of nitrogens with one attached hydrogen (secondary N) is 1. The summed E-state index contributed by atoms with van der Waals surface area (Å²) in [6.45, 7) is 5.66. The minimum atomic E-state index is -0.716. The van der Waals surface area contributed by atoms with E-state index in [1.54, 1.807) is 4.57 Å². The van der Waals surface area contributed by atoms with Crippen LogP contribution in [0.1, 0.15) is 27.8 Å². The Morgan fingerprint density at radius 2 is 1.92 bits per heavy atom. The summed E-state index contributed by atoms with van der Waals surface area (Å²) >= 11 is 0. The average Bonchev–Trinajstić information content (AvgIpc) is 3.15. The van der Waals surface area contributed by atoms with Crippen molar-refractivity contribution < 1.29 is 14.1 Å². The van der Waals surface area contributed by atoms with Crippen molar-refractivity contribution in [3.8, 4) is 5.95 Å². The maximum absolute atomic E-state index is 12.0. The molecule has 3 heterocycles. The minimum Gasteiger partial charge on any atom is -0.395 e. The Hall–Kier alpha value is -3.56. The molecule has 3 aromatic heterocycles. The van der Waals surface area contributed by atoms with Crippen LogP contribution in [-0.4, -0.2) is 30.3 Å². The zero-order valence-corrected chi connectivity index (χ0v) is 13.7. The molecule has 0 aliphatic heterocycles. The maximum atomic E-state index is 12.0. The van der Waals surface area contributed by atoms with Crippen LogP contribution >= 0.6 is 0 Å². The number of anilines is 1. The molecule has 0 bridgehead atoms. The SMILES string of the molecule is Cc1nc(C)n(-c2ncc(NC(=O)c3ccc([N+](=O)[O-])o3)cn2)c1C. The second-order valence-electron chi connectivity index (χ2n) is 5.29. The number of aryl methyl sites for hydroxylation is 2. The zero-order valence-electron chi connectivity index (χ0n) is 13.7. The fourth-order valence-corrected chi connectivity index (χ4v) is 2.31. The highest BCUT2D eigenvalue weighted by Gasteiger charge is 2.18. The quantitative estimate of drug-likeness (QED) is 0.569. The lowest BCUT2D eigenvalue weighted by atomic mass is 10.4. The van der Waals surface area contributed by atoms with E-state index in [2.05, 4.69) is 20.3 Å². The molecule has 25 heavy (non-hydrogen) atoms. The van der Waals surface area contributed by atoms with Crippen LogP contribution in [0, 0.1) is 30.9 Å². The van der Waals surface area contributed by atoms with Gasteiger partial charge in [0.05, 0.1) is 29.8 Å². The Labute approximate surface area is 141 Å². The highest BCUT2D eigenvalue weighted by molar-refractivity contribution is 6.02. The lowest BCUT2D eigenvalue weighted by molar-refractivity contribution is -0.402. The van der Waals surface area contributed by atoms with E-state index in [0.29, 0.717) is 11.6 Å². The van der Waals surface area contributed by atoms with Gasteiger partial charge in [-0.25, -0.2) is 15.0 Å². The van der Waals surface area contributed by atoms with Crippen LogP contribution in [0.15, 0.2) is 28.9 Å². The molecule has 10 heteroatoms. The van der Waals surface area contributed by atoms with Crippen LogP contribution in [0.5, 0.6) is 0 Å². The lowest BCUT2D eigenvalue weighted by Gasteiger charge is -2.07. The standard InChI is InChI=1S/C15H14N6O4/c1-8-9(2)20(10(3)18-8)15-16-6-11(7-17-15)19-14(22)12-4-5-13(25-12)21(23)24/h4-7H,1-3H3,(H,19,22). The third-order valence-corrected chi connectivity index (χ3v) is 3.60. The first-order valence-corrected chi connectivity index (χ1v) is 7.27. The summed E-state index contributed by atoms with van der Waals surface area (Å²) in [5, 5.41) is 13.1. The molecule has 10 nitrogen and oxygen atoms in total. The van der Waals surface area contributed by atoms with Crippen molar-refractivity contribution in [2.45, 2.75) is 20.8 Å². The van der Waals surface area contributed by atoms with Gasteiger partial charge in [-0.05, 0) is 26.8 Å². The molecule has 3 aromatic rings. The number of imidazole rings is 1. The molecule has 0 spiro atoms. The van der Waals surface area contributed by atoms with E-state index in [4.69, 9.17) is 4.42 Å². The third kappa shape index (κ3) is 3.09. The van der Waals surface area contributed by atoms with Crippen LogP contribution in [0.3, 0.4) is 0 Å². The van der Waals surface area contributed by atoms with E-state index in [9.17, 15) is 14.9 Å². The van der Waals surface area contributed by atoms with E-state index < -0.39 is 16.7 Å². The molecule has 0 aromatic carbocycles. The van der Waals surface area contributed by atoms with E-state index in [1.807, 2.05) is 20.8 Å². The Bertz CT molecular complexity index is 957. The van der Waals surface area contributed by atoms with Crippen LogP contribution in [-0.2, 0) is 0 Å². The number of furan rings is 1. The number of nitro groups is 1. The highest BCUT2D eigenvalue weighted by atomic mass is 16.6. The molecule has 0 radical (unpaired) electrons. The van der Waals surface area contributed by atoms with E-state index in [1.165, 1.54) is 18.5 Å². The highest BCUT2D eigenvalue weighted by Crippen LogP contribution is 2.18. The van der Waals surface area contributed by atoms with Gasteiger partial charge in [0.25, 0.3) is 5.91 Å². The monoisotopic (exact) mass is 342 g/mol. The number of carbonyl (C=O) groups is 1. The van der Waals surface area contributed by atoms with Crippen molar-refractivity contribution in [1.82, 2.24) is 19.5 Å². The molecule has 0 saturated carbocycles. The largest absolute Gasteiger partial charge is 0.433 e. The van der Waals surface area contributed by atoms with Crippen LogP contribution < -0.4 is 5.32 Å². The molecule has 3 rings (SSSR count). The topological polar surface area (TPSA) is 129 Å². The molecule has 0 aliphatic rings. The van der Waals surface area contributed by atoms with Gasteiger partial charge in [-0.1, -0.05) is 0 Å². The van der Waals surface area contributed by atoms with Gasteiger partial charge in [-0.2, -0.15) is 0 Å². The molecule has 1 amide bonds. The van der Waals surface area contributed by atoms with Gasteiger partial charge in [0.15, 0.2) is 5.76 Å². The summed E-state index contributed by atoms with van der Waals surface area (Å²) in [5.74, 6) is -0.113. The van der Waals surface area contributed by atoms with Crippen LogP contribution in [0.2, 0.25) is 0 Å². The Morgan fingerprint density at radius 3 is 2.44 bits per heavy atom. The Morgan fingerprint density at radius 1 is 1.24 bits per heavy atom. The molecule has 1 N–H and O–H groups in total. The van der Waals surface area contributed by atoms with Crippen molar-refractivity contribution in [1.29, 1.82) is 0 Å². The molecule has 0 unspecified atom stereocenters. The van der Waals surface area contributed by atoms with Gasteiger partial charge < -0.3 is 9.73 Å². The maximum Gasteiger partial charge on any atom is 0.433 e. The first-order chi connectivity index (χ1) is 11.9. The normalized spacial score (nSPS) is 10.7. The first-order valence-electron chi connectivity index (χ1n) is 7.27. The van der Waals surface area contributed by atoms with Crippen molar-refractivity contribution in [2.24, 2.45) is 0 Å². The number of aromatic nitrogens is 4. The number of rotatable bonds is 4. The second kappa shape index (κ2) is 6.15. The van der Waals surface area contributed by atoms with Crippen molar-refractivity contribution in [3.05, 3.63) is 57.6 Å². The predicted octanol–water partition coefficient (Wildman–Crippen LogP) is 2.34. The number of hydrogen-bond donors (Lipinski definition) is 1. The molecule has 0 atom stereocenters. The summed E-state index contributed by atoms with van der Waals surface area (Å²) in [5.41, 5.74) is 2.15. The molecule has 0 aliphatic carbocycles. The molecular formula is C15H14N6O4. The molecule has 128 valence electrons. The summed E-state index contributed by atoms with van der Waals surface area (Å²) in [6.07, 6.45) is 2.87. The fraction of sp³-hybridized carbons (Fsp3) is 0.200. The number of amides is 1. The van der Waals surface area contributed by atoms with Gasteiger partial charge in [-0.3, -0.25) is 19.5 Å². The minimum absolute atomic E-state index is 0.173. The van der Waals surface area contributed by atoms with E-state index >= 15 is 0 Å². The number of carbonyl (C=O) groups excluding carboxylic acids is 1. The Kier molecular flexibility index (Phi) is 4.01. The summed E-state index contributed by atoms with van der Waals surface area (Å²) in [4.78, 5) is 34.7. The van der Waals surface area contributed by atoms with E-state index in [0.717, 1.165) is 23.3 Å². The Balaban J connectivity index is 1.78. The van der Waals surface area contributed by atoms with Gasteiger partial charge in [0, 0.05) is 5.69 Å². The van der Waals surface area contributed by atoms with Crippen LogP contribution in [0.25, 0.3) is 5.95 Å². The number of hydrogen-bond acceptors (Lipinski definition) is 7. The van der Waals surface area contributed by atoms with Crippen LogP contribution in [0.4, 0.5) is 11.6 Å². The average molecular weight is 342 g/mol. The van der Waals surface area contributed by atoms with Gasteiger partial charge in [-0.15, -0.1) is 0 Å². The second-order valence-corrected chi connectivity index (χ2v) is 5.29. The molecule has 0 saturated heterocycles. The van der Waals surface area contributed by atoms with Gasteiger partial charge >= 0.3 is 5.88 Å².